The maximum absolute atomic E-state index is 6.22. The van der Waals surface area contributed by atoms with Gasteiger partial charge in [-0.25, -0.2) is 0 Å². The Bertz CT molecular complexity index is 1070. The van der Waals surface area contributed by atoms with Crippen molar-refractivity contribution in [3.8, 4) is 11.5 Å². The van der Waals surface area contributed by atoms with Crippen molar-refractivity contribution in [2.45, 2.75) is 38.3 Å². The largest absolute Gasteiger partial charge is 0.454 e. The molecule has 0 amide bonds. The van der Waals surface area contributed by atoms with Crippen molar-refractivity contribution in [2.75, 3.05) is 13.4 Å². The van der Waals surface area contributed by atoms with E-state index in [0.29, 0.717) is 26.4 Å². The third-order valence-electron chi connectivity index (χ3n) is 5.66. The van der Waals surface area contributed by atoms with E-state index in [-0.39, 0.29) is 19.0 Å². The minimum Gasteiger partial charge on any atom is -0.454 e. The quantitative estimate of drug-likeness (QED) is 0.396. The van der Waals surface area contributed by atoms with Gasteiger partial charge < -0.3 is 28.4 Å². The molecule has 0 bridgehead atoms. The van der Waals surface area contributed by atoms with Crippen molar-refractivity contribution in [3.05, 3.63) is 108 Å². The van der Waals surface area contributed by atoms with Crippen LogP contribution in [0.2, 0.25) is 0 Å². The molecule has 0 saturated heterocycles. The summed E-state index contributed by atoms with van der Waals surface area (Å²) in [6.07, 6.45) is 2.89. The van der Waals surface area contributed by atoms with Gasteiger partial charge in [0.15, 0.2) is 17.8 Å². The number of fused-ring (bicyclic) bond motifs is 1. The van der Waals surface area contributed by atoms with Crippen molar-refractivity contribution in [1.29, 1.82) is 0 Å². The van der Waals surface area contributed by atoms with Gasteiger partial charge in [0, 0.05) is 0 Å². The maximum atomic E-state index is 6.22. The molecule has 2 heterocycles. The van der Waals surface area contributed by atoms with E-state index in [1.807, 2.05) is 91.0 Å². The minimum atomic E-state index is -0.493. The Hall–Kier alpha value is -3.16. The average molecular weight is 461 g/mol. The monoisotopic (exact) mass is 460 g/mol. The van der Waals surface area contributed by atoms with Gasteiger partial charge in [-0.1, -0.05) is 72.8 Å². The van der Waals surface area contributed by atoms with Crippen molar-refractivity contribution >= 4 is 0 Å². The maximum Gasteiger partial charge on any atom is 0.231 e. The molecule has 176 valence electrons. The van der Waals surface area contributed by atoms with E-state index in [4.69, 9.17) is 28.4 Å². The van der Waals surface area contributed by atoms with Gasteiger partial charge in [0.1, 0.15) is 12.2 Å². The number of hydrogen-bond acceptors (Lipinski definition) is 6. The summed E-state index contributed by atoms with van der Waals surface area (Å²) >= 11 is 0. The molecule has 0 radical (unpaired) electrons. The van der Waals surface area contributed by atoms with E-state index >= 15 is 0 Å². The van der Waals surface area contributed by atoms with E-state index in [9.17, 15) is 0 Å². The van der Waals surface area contributed by atoms with Crippen LogP contribution in [0.3, 0.4) is 0 Å². The van der Waals surface area contributed by atoms with Gasteiger partial charge >= 0.3 is 0 Å². The van der Waals surface area contributed by atoms with Crippen LogP contribution >= 0.6 is 0 Å². The van der Waals surface area contributed by atoms with Crippen LogP contribution in [0.4, 0.5) is 0 Å². The first kappa shape index (κ1) is 22.6. The molecule has 0 N–H and O–H groups in total. The standard InChI is InChI=1S/C28H28O6/c1-3-7-21(8-4-1)16-29-19-27-25(30-17-22-9-5-2-6-10-22)13-14-28(34-27)31-18-23-11-12-24-26(15-23)33-20-32-24/h1-15,25,27-28H,16-20H2/t25-,27+,28-/m0/s1. The van der Waals surface area contributed by atoms with Crippen LogP contribution in [0.15, 0.2) is 91.0 Å². The lowest BCUT2D eigenvalue weighted by Crippen LogP contribution is -2.41. The van der Waals surface area contributed by atoms with E-state index < -0.39 is 6.29 Å². The molecule has 0 fully saturated rings. The first-order chi connectivity index (χ1) is 16.8. The zero-order chi connectivity index (χ0) is 23.0. The molecule has 34 heavy (non-hydrogen) atoms. The summed E-state index contributed by atoms with van der Waals surface area (Å²) in [5.74, 6) is 1.49. The van der Waals surface area contributed by atoms with Crippen LogP contribution in [0, 0.1) is 0 Å². The lowest BCUT2D eigenvalue weighted by atomic mass is 10.1. The van der Waals surface area contributed by atoms with Crippen LogP contribution < -0.4 is 9.47 Å². The molecule has 3 aromatic rings. The average Bonchev–Trinajstić information content (AvgIpc) is 3.36. The highest BCUT2D eigenvalue weighted by atomic mass is 16.7. The number of hydrogen-bond donors (Lipinski definition) is 0. The summed E-state index contributed by atoms with van der Waals surface area (Å²) in [4.78, 5) is 0. The fourth-order valence-electron chi connectivity index (χ4n) is 3.85. The fraction of sp³-hybridized carbons (Fsp3) is 0.286. The smallest absolute Gasteiger partial charge is 0.231 e. The second-order valence-corrected chi connectivity index (χ2v) is 8.19. The topological polar surface area (TPSA) is 55.4 Å². The summed E-state index contributed by atoms with van der Waals surface area (Å²) in [5.41, 5.74) is 3.22. The van der Waals surface area contributed by atoms with Crippen LogP contribution in [0.25, 0.3) is 0 Å². The van der Waals surface area contributed by atoms with Gasteiger partial charge in [0.05, 0.1) is 26.4 Å². The zero-order valence-electron chi connectivity index (χ0n) is 18.9. The van der Waals surface area contributed by atoms with Crippen molar-refractivity contribution in [3.63, 3.8) is 0 Å². The van der Waals surface area contributed by atoms with Gasteiger partial charge in [0.25, 0.3) is 0 Å². The van der Waals surface area contributed by atoms with Crippen molar-refractivity contribution in [1.82, 2.24) is 0 Å². The molecule has 0 aliphatic carbocycles. The second-order valence-electron chi connectivity index (χ2n) is 8.19. The summed E-state index contributed by atoms with van der Waals surface area (Å²) in [6, 6.07) is 26.0. The Morgan fingerprint density at radius 1 is 0.676 bits per heavy atom. The molecule has 6 nitrogen and oxygen atoms in total. The molecule has 6 heteroatoms. The third kappa shape index (κ3) is 6.04. The van der Waals surface area contributed by atoms with Gasteiger partial charge in [-0.3, -0.25) is 0 Å². The Labute approximate surface area is 199 Å². The van der Waals surface area contributed by atoms with Crippen molar-refractivity contribution in [2.24, 2.45) is 0 Å². The Morgan fingerprint density at radius 3 is 2.18 bits per heavy atom. The summed E-state index contributed by atoms with van der Waals surface area (Å²) in [6.45, 7) is 2.04. The van der Waals surface area contributed by atoms with Gasteiger partial charge in [-0.05, 0) is 34.9 Å². The number of ether oxygens (including phenoxy) is 6. The molecule has 3 atom stereocenters. The Kier molecular flexibility index (Phi) is 7.53. The first-order valence-corrected chi connectivity index (χ1v) is 11.4. The lowest BCUT2D eigenvalue weighted by Gasteiger charge is -2.32. The first-order valence-electron chi connectivity index (χ1n) is 11.4. The highest BCUT2D eigenvalue weighted by Gasteiger charge is 2.29. The number of benzene rings is 3. The van der Waals surface area contributed by atoms with E-state index in [2.05, 4.69) is 0 Å². The van der Waals surface area contributed by atoms with Gasteiger partial charge in [-0.15, -0.1) is 0 Å². The lowest BCUT2D eigenvalue weighted by molar-refractivity contribution is -0.199. The van der Waals surface area contributed by atoms with Gasteiger partial charge in [0.2, 0.25) is 6.79 Å². The molecule has 2 aliphatic heterocycles. The normalized spacial score (nSPS) is 21.0. The molecular weight excluding hydrogens is 432 g/mol. The molecule has 0 unspecified atom stereocenters. The Morgan fingerprint density at radius 2 is 1.38 bits per heavy atom. The molecule has 0 saturated carbocycles. The van der Waals surface area contributed by atoms with Gasteiger partial charge in [-0.2, -0.15) is 0 Å². The van der Waals surface area contributed by atoms with Crippen LogP contribution in [-0.4, -0.2) is 31.9 Å². The molecule has 0 spiro atoms. The van der Waals surface area contributed by atoms with E-state index in [1.54, 1.807) is 0 Å². The number of rotatable bonds is 10. The van der Waals surface area contributed by atoms with Crippen LogP contribution in [0.1, 0.15) is 16.7 Å². The third-order valence-corrected chi connectivity index (χ3v) is 5.66. The Balaban J connectivity index is 1.19. The second kappa shape index (κ2) is 11.3. The fourth-order valence-corrected chi connectivity index (χ4v) is 3.85. The van der Waals surface area contributed by atoms with E-state index in [1.165, 1.54) is 0 Å². The summed E-state index contributed by atoms with van der Waals surface area (Å²) < 4.78 is 35.2. The molecular formula is C28H28O6. The molecule has 3 aromatic carbocycles. The van der Waals surface area contributed by atoms with Crippen molar-refractivity contribution < 1.29 is 28.4 Å². The van der Waals surface area contributed by atoms with Crippen LogP contribution in [0.5, 0.6) is 11.5 Å². The molecule has 5 rings (SSSR count). The molecule has 2 aliphatic rings. The van der Waals surface area contributed by atoms with E-state index in [0.717, 1.165) is 28.2 Å². The zero-order valence-corrected chi connectivity index (χ0v) is 18.9. The molecule has 0 aromatic heterocycles. The summed E-state index contributed by atoms with van der Waals surface area (Å²) in [7, 11) is 0. The summed E-state index contributed by atoms with van der Waals surface area (Å²) in [5, 5.41) is 0. The predicted molar refractivity (Wildman–Crippen MR) is 126 cm³/mol. The highest BCUT2D eigenvalue weighted by molar-refractivity contribution is 5.44. The SMILES string of the molecule is C1=C[C@H](OCc2ccccc2)[C@@H](COCc2ccccc2)O[C@@H]1OCc1ccc2c(c1)OCO2. The highest BCUT2D eigenvalue weighted by Crippen LogP contribution is 2.33. The minimum absolute atomic E-state index is 0.235. The predicted octanol–water partition coefficient (Wildman–Crippen LogP) is 5.02. The van der Waals surface area contributed by atoms with Crippen LogP contribution in [-0.2, 0) is 38.8 Å².